The van der Waals surface area contributed by atoms with E-state index >= 15 is 0 Å². The number of hydrogen-bond acceptors (Lipinski definition) is 14. The molecule has 0 radical (unpaired) electrons. The monoisotopic (exact) mass is 544 g/mol. The first-order chi connectivity index (χ1) is 18.7. The summed E-state index contributed by atoms with van der Waals surface area (Å²) in [6.45, 7) is 2.36. The lowest BCUT2D eigenvalue weighted by molar-refractivity contribution is -0.384. The summed E-state index contributed by atoms with van der Waals surface area (Å²) < 4.78 is 6.79. The van der Waals surface area contributed by atoms with Crippen LogP contribution in [0.3, 0.4) is 0 Å². The molecule has 2 aliphatic heterocycles. The van der Waals surface area contributed by atoms with Crippen LogP contribution in [0.5, 0.6) is 0 Å². The number of piperazine rings is 1. The number of aliphatic hydroxyl groups is 3. The molecule has 208 valence electrons. The number of fused-ring (bicyclic) bond motifs is 1. The Hall–Kier alpha value is -4.16. The second-order valence-corrected chi connectivity index (χ2v) is 9.32. The van der Waals surface area contributed by atoms with Gasteiger partial charge in [0, 0.05) is 37.8 Å². The molecule has 5 rings (SSSR count). The van der Waals surface area contributed by atoms with Gasteiger partial charge in [0.05, 0.1) is 17.7 Å². The predicted molar refractivity (Wildman–Crippen MR) is 140 cm³/mol. The third-order valence-electron chi connectivity index (χ3n) is 6.76. The minimum atomic E-state index is -1.50. The molecule has 3 aromatic rings. The number of nitrogens with zero attached hydrogens (tertiary/aromatic N) is 7. The van der Waals surface area contributed by atoms with E-state index in [1.807, 2.05) is 11.9 Å². The molecule has 2 aromatic heterocycles. The van der Waals surface area contributed by atoms with E-state index in [2.05, 4.69) is 30.4 Å². The van der Waals surface area contributed by atoms with Crippen molar-refractivity contribution in [3.8, 4) is 0 Å². The molecule has 7 N–H and O–H groups in total. The Morgan fingerprint density at radius 3 is 2.69 bits per heavy atom. The Balaban J connectivity index is 1.45. The fourth-order valence-electron chi connectivity index (χ4n) is 4.66. The van der Waals surface area contributed by atoms with Gasteiger partial charge >= 0.3 is 0 Å². The molecule has 2 aliphatic rings. The number of nitrogens with one attached hydrogen (secondary N) is 2. The van der Waals surface area contributed by atoms with E-state index < -0.39 is 41.6 Å². The van der Waals surface area contributed by atoms with Gasteiger partial charge in [-0.1, -0.05) is 6.07 Å². The molecule has 0 bridgehead atoms. The van der Waals surface area contributed by atoms with Crippen LogP contribution in [0.2, 0.25) is 0 Å². The smallest absolute Gasteiger partial charge is 0.293 e. The molecule has 0 amide bonds. The van der Waals surface area contributed by atoms with Gasteiger partial charge in [-0.05, 0) is 13.1 Å². The molecule has 0 saturated carbocycles. The van der Waals surface area contributed by atoms with Crippen LogP contribution in [0.25, 0.3) is 11.2 Å². The first-order valence-electron chi connectivity index (χ1n) is 12.1. The van der Waals surface area contributed by atoms with Gasteiger partial charge in [-0.3, -0.25) is 24.5 Å². The van der Waals surface area contributed by atoms with Gasteiger partial charge in [-0.25, -0.2) is 10.4 Å². The van der Waals surface area contributed by atoms with Crippen LogP contribution in [0, 0.1) is 10.1 Å². The number of rotatable bonds is 7. The van der Waals surface area contributed by atoms with Crippen LogP contribution in [-0.4, -0.2) is 109 Å². The first kappa shape index (κ1) is 26.4. The van der Waals surface area contributed by atoms with Gasteiger partial charge in [0.2, 0.25) is 11.9 Å². The maximum Gasteiger partial charge on any atom is 0.293 e. The summed E-state index contributed by atoms with van der Waals surface area (Å²) >= 11 is 0. The zero-order valence-electron chi connectivity index (χ0n) is 20.8. The zero-order chi connectivity index (χ0) is 27.8. The molecule has 39 heavy (non-hydrogen) atoms. The Morgan fingerprint density at radius 2 is 2.03 bits per heavy atom. The van der Waals surface area contributed by atoms with Crippen LogP contribution < -0.4 is 21.6 Å². The van der Waals surface area contributed by atoms with E-state index in [1.54, 1.807) is 12.1 Å². The number of aromatic nitrogens is 4. The zero-order valence-corrected chi connectivity index (χ0v) is 20.8. The molecular formula is C22H28N10O7. The van der Waals surface area contributed by atoms with E-state index in [0.717, 1.165) is 13.1 Å². The van der Waals surface area contributed by atoms with Crippen molar-refractivity contribution in [1.82, 2.24) is 24.4 Å². The number of aliphatic hydroxyl groups excluding tert-OH is 3. The van der Waals surface area contributed by atoms with E-state index in [0.29, 0.717) is 24.3 Å². The Bertz CT molecular complexity index is 1470. The third-order valence-corrected chi connectivity index (χ3v) is 6.76. The van der Waals surface area contributed by atoms with Gasteiger partial charge in [0.25, 0.3) is 11.2 Å². The third kappa shape index (κ3) is 5.00. The lowest BCUT2D eigenvalue weighted by Crippen LogP contribution is -2.44. The molecule has 2 fully saturated rings. The average Bonchev–Trinajstić information content (AvgIpc) is 3.40. The highest BCUT2D eigenvalue weighted by atomic mass is 16.6. The highest BCUT2D eigenvalue weighted by Gasteiger charge is 2.45. The Kier molecular flexibility index (Phi) is 7.15. The predicted octanol–water partition coefficient (Wildman–Crippen LogP) is -1.58. The van der Waals surface area contributed by atoms with Crippen molar-refractivity contribution in [1.29, 1.82) is 0 Å². The number of anilines is 3. The largest absolute Gasteiger partial charge is 0.394 e. The van der Waals surface area contributed by atoms with Crippen LogP contribution in [0.4, 0.5) is 23.3 Å². The van der Waals surface area contributed by atoms with Crippen molar-refractivity contribution >= 4 is 40.6 Å². The average molecular weight is 545 g/mol. The van der Waals surface area contributed by atoms with Crippen molar-refractivity contribution in [2.75, 3.05) is 55.9 Å². The Labute approximate surface area is 220 Å². The highest BCUT2D eigenvalue weighted by Crippen LogP contribution is 2.34. The Morgan fingerprint density at radius 1 is 1.28 bits per heavy atom. The minimum Gasteiger partial charge on any atom is -0.394 e. The lowest BCUT2D eigenvalue weighted by Gasteiger charge is -2.33. The van der Waals surface area contributed by atoms with Crippen molar-refractivity contribution in [3.05, 3.63) is 44.2 Å². The second kappa shape index (κ2) is 10.5. The SMILES string of the molecule is CN1CCN(c2ccc(/C=N\Nc3nc4c(=O)[nH]c(N)nc4n3[C@H]3O[C@@H](CO)[C@@H](O)[C@@H]3O)cc2[N+](=O)[O-])CC1. The molecule has 4 atom stereocenters. The minimum absolute atomic E-state index is 0.0593. The maximum atomic E-state index is 12.4. The molecule has 17 nitrogen and oxygen atoms in total. The number of hydrogen-bond donors (Lipinski definition) is 6. The van der Waals surface area contributed by atoms with Gasteiger partial charge in [0.1, 0.15) is 24.0 Å². The lowest BCUT2D eigenvalue weighted by atomic mass is 10.1. The second-order valence-electron chi connectivity index (χ2n) is 9.32. The van der Waals surface area contributed by atoms with Gasteiger partial charge in [0.15, 0.2) is 17.4 Å². The number of likely N-dealkylation sites (N-methyl/N-ethyl adjacent to an activating group) is 1. The molecule has 0 aliphatic carbocycles. The number of nitrogens with two attached hydrogens (primary N) is 1. The maximum absolute atomic E-state index is 12.4. The summed E-state index contributed by atoms with van der Waals surface area (Å²) in [5.74, 6) is -0.313. The number of H-pyrrole nitrogens is 1. The number of nitro groups is 1. The summed E-state index contributed by atoms with van der Waals surface area (Å²) in [6, 6.07) is 4.76. The molecular weight excluding hydrogens is 516 g/mol. The molecule has 0 spiro atoms. The molecule has 1 aromatic carbocycles. The number of benzene rings is 1. The van der Waals surface area contributed by atoms with Gasteiger partial charge < -0.3 is 35.6 Å². The van der Waals surface area contributed by atoms with Crippen molar-refractivity contribution in [2.24, 2.45) is 5.10 Å². The number of ether oxygens (including phenoxy) is 1. The van der Waals surface area contributed by atoms with Crippen molar-refractivity contribution in [3.63, 3.8) is 0 Å². The van der Waals surface area contributed by atoms with Crippen LogP contribution in [0.1, 0.15) is 11.8 Å². The molecule has 0 unspecified atom stereocenters. The normalized spacial score (nSPS) is 24.2. The van der Waals surface area contributed by atoms with E-state index in [1.165, 1.54) is 16.8 Å². The number of aromatic amines is 1. The fourth-order valence-corrected chi connectivity index (χ4v) is 4.66. The van der Waals surface area contributed by atoms with E-state index in [-0.39, 0.29) is 28.7 Å². The van der Waals surface area contributed by atoms with Gasteiger partial charge in [-0.15, -0.1) is 0 Å². The molecule has 4 heterocycles. The van der Waals surface area contributed by atoms with Crippen LogP contribution >= 0.6 is 0 Å². The van der Waals surface area contributed by atoms with Gasteiger partial charge in [-0.2, -0.15) is 10.1 Å². The quantitative estimate of drug-likeness (QED) is 0.112. The van der Waals surface area contributed by atoms with E-state index in [4.69, 9.17) is 10.5 Å². The van der Waals surface area contributed by atoms with E-state index in [9.17, 15) is 30.2 Å². The number of nitro benzene ring substituents is 1. The first-order valence-corrected chi connectivity index (χ1v) is 12.1. The summed E-state index contributed by atoms with van der Waals surface area (Å²) in [7, 11) is 2.00. The number of imidazole rings is 1. The standard InChI is InChI=1S/C22H28N10O7/c1-29-4-6-30(7-5-29)12-3-2-11(8-13(12)32(37)38)9-24-28-22-25-15-18(26-21(23)27-19(15)36)31(22)20-17(35)16(34)14(10-33)39-20/h2-3,8-9,14,16-17,20,33-35H,4-7,10H2,1H3,(H,25,28)(H3,23,26,27,36)/b24-9-/t14-,16+,17-,20-/m0/s1. The fraction of sp³-hybridized carbons (Fsp3) is 0.455. The molecule has 2 saturated heterocycles. The van der Waals surface area contributed by atoms with Crippen LogP contribution in [-0.2, 0) is 4.74 Å². The van der Waals surface area contributed by atoms with Crippen molar-refractivity contribution in [2.45, 2.75) is 24.5 Å². The highest BCUT2D eigenvalue weighted by molar-refractivity contribution is 5.84. The topological polar surface area (TPSA) is 234 Å². The van der Waals surface area contributed by atoms with Crippen molar-refractivity contribution < 1.29 is 25.0 Å². The van der Waals surface area contributed by atoms with Crippen LogP contribution in [0.15, 0.2) is 28.1 Å². The summed E-state index contributed by atoms with van der Waals surface area (Å²) in [5.41, 5.74) is 8.35. The molecule has 17 heteroatoms. The number of hydrazone groups is 1. The number of nitrogen functional groups attached to an aromatic ring is 1. The summed E-state index contributed by atoms with van der Waals surface area (Å²) in [5, 5.41) is 46.2. The summed E-state index contributed by atoms with van der Waals surface area (Å²) in [4.78, 5) is 38.5. The summed E-state index contributed by atoms with van der Waals surface area (Å²) in [6.07, 6.45) is -3.99.